The monoisotopic (exact) mass is 322 g/mol. The minimum Gasteiger partial charge on any atom is -0.353 e. The van der Waals surface area contributed by atoms with Gasteiger partial charge in [-0.25, -0.2) is 9.82 Å². The second-order valence-electron chi connectivity index (χ2n) is 5.62. The van der Waals surface area contributed by atoms with Crippen molar-refractivity contribution in [2.75, 3.05) is 13.1 Å². The van der Waals surface area contributed by atoms with Crippen LogP contribution in [-0.2, 0) is 4.79 Å². The molecule has 2 unspecified atom stereocenters. The van der Waals surface area contributed by atoms with Gasteiger partial charge in [-0.05, 0) is 37.1 Å². The molecule has 1 aromatic carbocycles. The van der Waals surface area contributed by atoms with Crippen LogP contribution in [0.4, 0.5) is 4.39 Å². The molecule has 126 valence electrons. The van der Waals surface area contributed by atoms with Crippen LogP contribution in [0.1, 0.15) is 36.5 Å². The Morgan fingerprint density at radius 3 is 2.57 bits per heavy atom. The number of nitrogens with one attached hydrogen (secondary N) is 4. The SMILES string of the molecule is CCCC1CC(C(=O)NCCNC(=O)c2ccc(F)cc2)NN1. The number of rotatable bonds is 7. The first kappa shape index (κ1) is 17.4. The molecule has 0 saturated carbocycles. The lowest BCUT2D eigenvalue weighted by Gasteiger charge is -2.11. The molecule has 4 N–H and O–H groups in total. The molecular weight excluding hydrogens is 299 g/mol. The van der Waals surface area contributed by atoms with E-state index in [2.05, 4.69) is 28.4 Å². The van der Waals surface area contributed by atoms with Gasteiger partial charge in [-0.15, -0.1) is 0 Å². The molecule has 0 radical (unpaired) electrons. The van der Waals surface area contributed by atoms with Crippen LogP contribution >= 0.6 is 0 Å². The first-order chi connectivity index (χ1) is 11.1. The predicted octanol–water partition coefficient (Wildman–Crippen LogP) is 0.707. The van der Waals surface area contributed by atoms with Crippen molar-refractivity contribution in [2.24, 2.45) is 0 Å². The minimum atomic E-state index is -0.382. The summed E-state index contributed by atoms with van der Waals surface area (Å²) in [5.41, 5.74) is 6.49. The maximum atomic E-state index is 12.8. The number of amides is 2. The van der Waals surface area contributed by atoms with Gasteiger partial charge in [0.05, 0.1) is 0 Å². The summed E-state index contributed by atoms with van der Waals surface area (Å²) in [4.78, 5) is 23.8. The lowest BCUT2D eigenvalue weighted by molar-refractivity contribution is -0.122. The second-order valence-corrected chi connectivity index (χ2v) is 5.62. The van der Waals surface area contributed by atoms with Crippen LogP contribution in [0.25, 0.3) is 0 Å². The molecule has 1 fully saturated rings. The van der Waals surface area contributed by atoms with Crippen molar-refractivity contribution < 1.29 is 14.0 Å². The summed E-state index contributed by atoms with van der Waals surface area (Å²) >= 11 is 0. The number of benzene rings is 1. The molecular formula is C16H23FN4O2. The average molecular weight is 322 g/mol. The highest BCUT2D eigenvalue weighted by atomic mass is 19.1. The van der Waals surface area contributed by atoms with E-state index in [-0.39, 0.29) is 23.7 Å². The molecule has 2 amide bonds. The van der Waals surface area contributed by atoms with Gasteiger partial charge < -0.3 is 10.6 Å². The van der Waals surface area contributed by atoms with Gasteiger partial charge in [0.15, 0.2) is 0 Å². The van der Waals surface area contributed by atoms with Gasteiger partial charge in [-0.1, -0.05) is 13.3 Å². The van der Waals surface area contributed by atoms with Crippen molar-refractivity contribution >= 4 is 11.8 Å². The average Bonchev–Trinajstić information content (AvgIpc) is 3.01. The maximum absolute atomic E-state index is 12.8. The van der Waals surface area contributed by atoms with Gasteiger partial charge in [0.1, 0.15) is 11.9 Å². The van der Waals surface area contributed by atoms with E-state index in [0.717, 1.165) is 19.3 Å². The molecule has 0 aromatic heterocycles. The van der Waals surface area contributed by atoms with Crippen molar-refractivity contribution in [3.05, 3.63) is 35.6 Å². The van der Waals surface area contributed by atoms with Crippen molar-refractivity contribution in [1.82, 2.24) is 21.5 Å². The fourth-order valence-corrected chi connectivity index (χ4v) is 2.52. The molecule has 1 aliphatic rings. The summed E-state index contributed by atoms with van der Waals surface area (Å²) < 4.78 is 12.8. The Kier molecular flexibility index (Phi) is 6.49. The molecule has 7 heteroatoms. The second kappa shape index (κ2) is 8.59. The third-order valence-electron chi connectivity index (χ3n) is 3.75. The highest BCUT2D eigenvalue weighted by Gasteiger charge is 2.28. The van der Waals surface area contributed by atoms with Crippen molar-refractivity contribution in [3.63, 3.8) is 0 Å². The standard InChI is InChI=1S/C16H23FN4O2/c1-2-3-13-10-14(21-20-13)16(23)19-9-8-18-15(22)11-4-6-12(17)7-5-11/h4-7,13-14,20-21H,2-3,8-10H2,1H3,(H,18,22)(H,19,23). The Morgan fingerprint density at radius 1 is 1.17 bits per heavy atom. The summed E-state index contributed by atoms with van der Waals surface area (Å²) in [5, 5.41) is 5.47. The van der Waals surface area contributed by atoms with E-state index in [1.807, 2.05) is 0 Å². The molecule has 1 aromatic rings. The molecule has 2 rings (SSSR count). The van der Waals surface area contributed by atoms with E-state index >= 15 is 0 Å². The molecule has 1 saturated heterocycles. The highest BCUT2D eigenvalue weighted by molar-refractivity contribution is 5.94. The van der Waals surface area contributed by atoms with Crippen molar-refractivity contribution in [3.8, 4) is 0 Å². The van der Waals surface area contributed by atoms with E-state index in [0.29, 0.717) is 24.7 Å². The fourth-order valence-electron chi connectivity index (χ4n) is 2.52. The molecule has 0 bridgehead atoms. The fraction of sp³-hybridized carbons (Fsp3) is 0.500. The molecule has 1 heterocycles. The quantitative estimate of drug-likeness (QED) is 0.557. The first-order valence-corrected chi connectivity index (χ1v) is 7.92. The number of carbonyl (C=O) groups is 2. The van der Waals surface area contributed by atoms with Crippen LogP contribution in [0.3, 0.4) is 0 Å². The van der Waals surface area contributed by atoms with Crippen LogP contribution in [0, 0.1) is 5.82 Å². The van der Waals surface area contributed by atoms with Crippen LogP contribution in [0.5, 0.6) is 0 Å². The number of halogens is 1. The van der Waals surface area contributed by atoms with Crippen molar-refractivity contribution in [1.29, 1.82) is 0 Å². The van der Waals surface area contributed by atoms with E-state index in [1.54, 1.807) is 0 Å². The summed E-state index contributed by atoms with van der Waals surface area (Å²) in [6.45, 7) is 2.78. The Balaban J connectivity index is 1.64. The van der Waals surface area contributed by atoms with E-state index < -0.39 is 0 Å². The number of carbonyl (C=O) groups excluding carboxylic acids is 2. The largest absolute Gasteiger partial charge is 0.353 e. The van der Waals surface area contributed by atoms with Gasteiger partial charge in [-0.2, -0.15) is 0 Å². The van der Waals surface area contributed by atoms with Gasteiger partial charge in [-0.3, -0.25) is 15.0 Å². The van der Waals surface area contributed by atoms with E-state index in [1.165, 1.54) is 24.3 Å². The summed E-state index contributed by atoms with van der Waals surface area (Å²) in [7, 11) is 0. The lowest BCUT2D eigenvalue weighted by atomic mass is 10.1. The minimum absolute atomic E-state index is 0.0767. The third kappa shape index (κ3) is 5.30. The summed E-state index contributed by atoms with van der Waals surface area (Å²) in [6, 6.07) is 5.41. The van der Waals surface area contributed by atoms with E-state index in [4.69, 9.17) is 0 Å². The van der Waals surface area contributed by atoms with Gasteiger partial charge in [0.25, 0.3) is 5.91 Å². The number of hydrogen-bond donors (Lipinski definition) is 4. The van der Waals surface area contributed by atoms with Crippen LogP contribution in [0.15, 0.2) is 24.3 Å². The van der Waals surface area contributed by atoms with Crippen LogP contribution in [0.2, 0.25) is 0 Å². The molecule has 2 atom stereocenters. The topological polar surface area (TPSA) is 82.3 Å². The maximum Gasteiger partial charge on any atom is 0.251 e. The summed E-state index contributed by atoms with van der Waals surface area (Å²) in [5.74, 6) is -0.747. The highest BCUT2D eigenvalue weighted by Crippen LogP contribution is 2.10. The Hall–Kier alpha value is -1.99. The molecule has 1 aliphatic heterocycles. The van der Waals surface area contributed by atoms with Gasteiger partial charge >= 0.3 is 0 Å². The normalized spacial score (nSPS) is 20.3. The van der Waals surface area contributed by atoms with Gasteiger partial charge in [0.2, 0.25) is 5.91 Å². The first-order valence-electron chi connectivity index (χ1n) is 7.92. The number of hydrogen-bond acceptors (Lipinski definition) is 4. The molecule has 0 spiro atoms. The smallest absolute Gasteiger partial charge is 0.251 e. The zero-order valence-electron chi connectivity index (χ0n) is 13.2. The number of hydrazine groups is 1. The molecule has 23 heavy (non-hydrogen) atoms. The van der Waals surface area contributed by atoms with E-state index in [9.17, 15) is 14.0 Å². The Bertz CT molecular complexity index is 535. The van der Waals surface area contributed by atoms with Crippen LogP contribution in [-0.4, -0.2) is 37.0 Å². The van der Waals surface area contributed by atoms with Crippen molar-refractivity contribution in [2.45, 2.75) is 38.3 Å². The third-order valence-corrected chi connectivity index (χ3v) is 3.75. The molecule has 0 aliphatic carbocycles. The summed E-state index contributed by atoms with van der Waals surface area (Å²) in [6.07, 6.45) is 2.87. The molecule has 6 nitrogen and oxygen atoms in total. The predicted molar refractivity (Wildman–Crippen MR) is 85.1 cm³/mol. The zero-order valence-corrected chi connectivity index (χ0v) is 13.2. The zero-order chi connectivity index (χ0) is 16.7. The Labute approximate surface area is 135 Å². The Morgan fingerprint density at radius 2 is 1.87 bits per heavy atom. The lowest BCUT2D eigenvalue weighted by Crippen LogP contribution is -2.45. The van der Waals surface area contributed by atoms with Crippen LogP contribution < -0.4 is 21.5 Å². The van der Waals surface area contributed by atoms with Gasteiger partial charge in [0, 0.05) is 24.7 Å².